The highest BCUT2D eigenvalue weighted by atomic mass is 19.1. The summed E-state index contributed by atoms with van der Waals surface area (Å²) in [4.78, 5) is 7.52. The van der Waals surface area contributed by atoms with E-state index >= 15 is 0 Å². The molecule has 0 fully saturated rings. The van der Waals surface area contributed by atoms with Crippen LogP contribution in [0.5, 0.6) is 0 Å². The smallest absolute Gasteiger partial charge is 0.149 e. The Labute approximate surface area is 178 Å². The molecular weight excluding hydrogens is 387 g/mol. The molecule has 0 atom stereocenters. The first kappa shape index (κ1) is 18.8. The van der Waals surface area contributed by atoms with Gasteiger partial charge in [-0.25, -0.2) is 9.37 Å². The summed E-state index contributed by atoms with van der Waals surface area (Å²) in [7, 11) is 0. The van der Waals surface area contributed by atoms with Crippen molar-refractivity contribution in [2.75, 3.05) is 0 Å². The number of nitriles is 1. The maximum atomic E-state index is 13.5. The molecule has 0 spiro atoms. The predicted molar refractivity (Wildman–Crippen MR) is 122 cm³/mol. The molecule has 0 aliphatic heterocycles. The fraction of sp³-hybridized carbons (Fsp3) is 0.0769. The number of nitrogens with one attached hydrogen (secondary N) is 1. The molecule has 2 aromatic heterocycles. The highest BCUT2D eigenvalue weighted by molar-refractivity contribution is 5.92. The van der Waals surface area contributed by atoms with E-state index < -0.39 is 0 Å². The molecule has 5 heteroatoms. The highest BCUT2D eigenvalue weighted by Crippen LogP contribution is 2.29. The van der Waals surface area contributed by atoms with Crippen molar-refractivity contribution in [1.29, 1.82) is 5.26 Å². The van der Waals surface area contributed by atoms with Crippen LogP contribution in [0, 0.1) is 31.0 Å². The Morgan fingerprint density at radius 3 is 2.71 bits per heavy atom. The molecule has 1 N–H and O–H groups in total. The summed E-state index contributed by atoms with van der Waals surface area (Å²) in [5.74, 6) is 0.0851. The predicted octanol–water partition coefficient (Wildman–Crippen LogP) is 6.33. The number of benzene rings is 3. The fourth-order valence-electron chi connectivity index (χ4n) is 4.13. The minimum absolute atomic E-state index is 0.344. The number of imidazole rings is 1. The first-order chi connectivity index (χ1) is 15.0. The SMILES string of the molecule is Cc1cc(/C=C(/C#N)c2nc3ccc(F)cc3[nH]2)c(C)n1-c1cccc2ccccc12. The maximum absolute atomic E-state index is 13.5. The van der Waals surface area contributed by atoms with Crippen LogP contribution in [0.15, 0.2) is 66.7 Å². The van der Waals surface area contributed by atoms with E-state index in [1.807, 2.05) is 25.1 Å². The van der Waals surface area contributed by atoms with Crippen LogP contribution in [0.2, 0.25) is 0 Å². The van der Waals surface area contributed by atoms with Crippen molar-refractivity contribution >= 4 is 33.5 Å². The van der Waals surface area contributed by atoms with Gasteiger partial charge in [0.2, 0.25) is 0 Å². The van der Waals surface area contributed by atoms with Gasteiger partial charge in [0, 0.05) is 16.8 Å². The lowest BCUT2D eigenvalue weighted by atomic mass is 10.1. The zero-order valence-electron chi connectivity index (χ0n) is 17.1. The number of allylic oxidation sites excluding steroid dienone is 1. The molecule has 0 radical (unpaired) electrons. The van der Waals surface area contributed by atoms with Crippen LogP contribution in [0.3, 0.4) is 0 Å². The van der Waals surface area contributed by atoms with Crippen molar-refractivity contribution < 1.29 is 4.39 Å². The number of halogens is 1. The lowest BCUT2D eigenvalue weighted by Gasteiger charge is -2.13. The van der Waals surface area contributed by atoms with Crippen molar-refractivity contribution in [3.63, 3.8) is 0 Å². The number of hydrogen-bond acceptors (Lipinski definition) is 2. The van der Waals surface area contributed by atoms with Crippen molar-refractivity contribution in [3.05, 3.63) is 95.3 Å². The molecule has 3 aromatic carbocycles. The maximum Gasteiger partial charge on any atom is 0.149 e. The van der Waals surface area contributed by atoms with Crippen molar-refractivity contribution in [3.8, 4) is 11.8 Å². The molecule has 0 bridgehead atoms. The van der Waals surface area contributed by atoms with Crippen LogP contribution >= 0.6 is 0 Å². The van der Waals surface area contributed by atoms with Crippen LogP contribution < -0.4 is 0 Å². The van der Waals surface area contributed by atoms with E-state index in [1.54, 1.807) is 6.07 Å². The second-order valence-corrected chi connectivity index (χ2v) is 7.58. The second-order valence-electron chi connectivity index (χ2n) is 7.58. The summed E-state index contributed by atoms with van der Waals surface area (Å²) in [5, 5.41) is 12.1. The van der Waals surface area contributed by atoms with Crippen LogP contribution in [0.25, 0.3) is 39.1 Å². The van der Waals surface area contributed by atoms with E-state index in [9.17, 15) is 9.65 Å². The average molecular weight is 406 g/mol. The summed E-state index contributed by atoms with van der Waals surface area (Å²) < 4.78 is 15.7. The number of nitrogens with zero attached hydrogens (tertiary/aromatic N) is 3. The van der Waals surface area contributed by atoms with Gasteiger partial charge in [0.1, 0.15) is 17.7 Å². The number of aryl methyl sites for hydroxylation is 1. The van der Waals surface area contributed by atoms with Gasteiger partial charge in [-0.2, -0.15) is 5.26 Å². The average Bonchev–Trinajstić information content (AvgIpc) is 3.31. The topological polar surface area (TPSA) is 57.4 Å². The number of aromatic nitrogens is 3. The van der Waals surface area contributed by atoms with Gasteiger partial charge in [-0.15, -0.1) is 0 Å². The van der Waals surface area contributed by atoms with Gasteiger partial charge < -0.3 is 9.55 Å². The molecule has 0 saturated heterocycles. The van der Waals surface area contributed by atoms with Crippen LogP contribution in [0.1, 0.15) is 22.8 Å². The van der Waals surface area contributed by atoms with Crippen LogP contribution in [0.4, 0.5) is 4.39 Å². The molecule has 5 aromatic rings. The third kappa shape index (κ3) is 3.19. The molecule has 2 heterocycles. The number of rotatable bonds is 3. The molecule has 0 unspecified atom stereocenters. The Morgan fingerprint density at radius 2 is 1.87 bits per heavy atom. The molecule has 31 heavy (non-hydrogen) atoms. The fourth-order valence-corrected chi connectivity index (χ4v) is 4.13. The molecule has 150 valence electrons. The second kappa shape index (κ2) is 7.26. The lowest BCUT2D eigenvalue weighted by molar-refractivity contribution is 0.629. The quantitative estimate of drug-likeness (QED) is 0.356. The number of fused-ring (bicyclic) bond motifs is 2. The summed E-state index contributed by atoms with van der Waals surface area (Å²) in [6, 6.07) is 23.2. The van der Waals surface area contributed by atoms with Gasteiger partial charge in [-0.3, -0.25) is 0 Å². The summed E-state index contributed by atoms with van der Waals surface area (Å²) in [6.45, 7) is 4.10. The van der Waals surface area contributed by atoms with E-state index in [2.05, 4.69) is 63.9 Å². The summed E-state index contributed by atoms with van der Waals surface area (Å²) in [6.07, 6.45) is 1.83. The molecular formula is C26H19FN4. The highest BCUT2D eigenvalue weighted by Gasteiger charge is 2.14. The largest absolute Gasteiger partial charge is 0.337 e. The van der Waals surface area contributed by atoms with Crippen molar-refractivity contribution in [1.82, 2.24) is 14.5 Å². The van der Waals surface area contributed by atoms with E-state index in [-0.39, 0.29) is 5.82 Å². The molecule has 5 rings (SSSR count). The van der Waals surface area contributed by atoms with Gasteiger partial charge in [-0.1, -0.05) is 36.4 Å². The number of H-pyrrole nitrogens is 1. The molecule has 0 aliphatic carbocycles. The molecule has 0 saturated carbocycles. The number of hydrogen-bond donors (Lipinski definition) is 1. The normalized spacial score (nSPS) is 11.9. The monoisotopic (exact) mass is 406 g/mol. The Hall–Kier alpha value is -4.17. The lowest BCUT2D eigenvalue weighted by Crippen LogP contribution is -2.00. The summed E-state index contributed by atoms with van der Waals surface area (Å²) in [5.41, 5.74) is 5.73. The Bertz CT molecular complexity index is 1520. The Balaban J connectivity index is 1.64. The van der Waals surface area contributed by atoms with E-state index in [0.29, 0.717) is 22.4 Å². The van der Waals surface area contributed by atoms with Crippen LogP contribution in [-0.4, -0.2) is 14.5 Å². The Kier molecular flexibility index (Phi) is 4.41. The molecule has 4 nitrogen and oxygen atoms in total. The van der Waals surface area contributed by atoms with Crippen LogP contribution in [-0.2, 0) is 0 Å². The standard InChI is InChI=1S/C26H19FN4/c1-16-12-19(13-20(15-28)26-29-23-11-10-21(27)14-24(23)30-26)17(2)31(16)25-9-5-7-18-6-3-4-8-22(18)25/h3-14H,1-2H3,(H,29,30)/b20-13-. The number of aromatic amines is 1. The molecule has 0 amide bonds. The van der Waals surface area contributed by atoms with Crippen molar-refractivity contribution in [2.24, 2.45) is 0 Å². The van der Waals surface area contributed by atoms with Gasteiger partial charge in [-0.05, 0) is 61.2 Å². The van der Waals surface area contributed by atoms with Gasteiger partial charge in [0.05, 0.1) is 22.3 Å². The van der Waals surface area contributed by atoms with Gasteiger partial charge in [0.25, 0.3) is 0 Å². The summed E-state index contributed by atoms with van der Waals surface area (Å²) >= 11 is 0. The van der Waals surface area contributed by atoms with Gasteiger partial charge >= 0.3 is 0 Å². The van der Waals surface area contributed by atoms with E-state index in [0.717, 1.165) is 22.6 Å². The van der Waals surface area contributed by atoms with Gasteiger partial charge in [0.15, 0.2) is 0 Å². The zero-order valence-corrected chi connectivity index (χ0v) is 17.1. The van der Waals surface area contributed by atoms with Crippen molar-refractivity contribution in [2.45, 2.75) is 13.8 Å². The zero-order chi connectivity index (χ0) is 21.5. The minimum Gasteiger partial charge on any atom is -0.337 e. The van der Waals surface area contributed by atoms with E-state index in [4.69, 9.17) is 0 Å². The Morgan fingerprint density at radius 1 is 1.06 bits per heavy atom. The first-order valence-corrected chi connectivity index (χ1v) is 9.99. The first-order valence-electron chi connectivity index (χ1n) is 9.99. The molecule has 0 aliphatic rings. The third-order valence-corrected chi connectivity index (χ3v) is 5.60. The minimum atomic E-state index is -0.344. The third-order valence-electron chi connectivity index (χ3n) is 5.60. The van der Waals surface area contributed by atoms with E-state index in [1.165, 1.54) is 22.9 Å².